The van der Waals surface area contributed by atoms with Crippen LogP contribution in [0.2, 0.25) is 0 Å². The van der Waals surface area contributed by atoms with Crippen molar-refractivity contribution in [2.45, 2.75) is 39.5 Å². The van der Waals surface area contributed by atoms with Crippen LogP contribution in [0.1, 0.15) is 50.7 Å². The van der Waals surface area contributed by atoms with E-state index < -0.39 is 0 Å². The van der Waals surface area contributed by atoms with E-state index in [1.807, 2.05) is 0 Å². The summed E-state index contributed by atoms with van der Waals surface area (Å²) in [6, 6.07) is 6.38. The molecule has 0 aliphatic carbocycles. The standard InChI is InChI=1S/C16H26N2O/c1-11(2)13-8-7-9-14(12(3)4)16(13)17-10-15(19)18(5)6/h7-9,11-12,17H,10H2,1-6H3. The zero-order chi connectivity index (χ0) is 14.6. The third-order valence-electron chi connectivity index (χ3n) is 3.29. The molecule has 0 heterocycles. The Morgan fingerprint density at radius 3 is 1.95 bits per heavy atom. The molecular weight excluding hydrogens is 236 g/mol. The number of likely N-dealkylation sites (N-methyl/N-ethyl adjacent to an activating group) is 1. The highest BCUT2D eigenvalue weighted by Gasteiger charge is 2.14. The molecule has 1 amide bonds. The maximum absolute atomic E-state index is 11.7. The van der Waals surface area contributed by atoms with Gasteiger partial charge < -0.3 is 10.2 Å². The van der Waals surface area contributed by atoms with Gasteiger partial charge in [-0.05, 0) is 23.0 Å². The number of amides is 1. The zero-order valence-electron chi connectivity index (χ0n) is 12.9. The molecular formula is C16H26N2O. The number of hydrogen-bond donors (Lipinski definition) is 1. The molecule has 0 saturated carbocycles. The summed E-state index contributed by atoms with van der Waals surface area (Å²) >= 11 is 0. The SMILES string of the molecule is CC(C)c1cccc(C(C)C)c1NCC(=O)N(C)C. The molecule has 0 unspecified atom stereocenters. The van der Waals surface area contributed by atoms with Gasteiger partial charge in [0.25, 0.3) is 0 Å². The molecule has 106 valence electrons. The molecule has 0 fully saturated rings. The summed E-state index contributed by atoms with van der Waals surface area (Å²) in [5, 5.41) is 3.33. The van der Waals surface area contributed by atoms with Crippen LogP contribution in [0.3, 0.4) is 0 Å². The second kappa shape index (κ2) is 6.60. The minimum absolute atomic E-state index is 0.0910. The minimum Gasteiger partial charge on any atom is -0.376 e. The lowest BCUT2D eigenvalue weighted by Gasteiger charge is -2.21. The van der Waals surface area contributed by atoms with E-state index in [9.17, 15) is 4.79 Å². The summed E-state index contributed by atoms with van der Waals surface area (Å²) in [4.78, 5) is 13.4. The van der Waals surface area contributed by atoms with Gasteiger partial charge in [-0.2, -0.15) is 0 Å². The van der Waals surface area contributed by atoms with Crippen LogP contribution in [-0.4, -0.2) is 31.4 Å². The van der Waals surface area contributed by atoms with E-state index in [0.717, 1.165) is 5.69 Å². The van der Waals surface area contributed by atoms with E-state index in [1.54, 1.807) is 19.0 Å². The summed E-state index contributed by atoms with van der Waals surface area (Å²) in [5.74, 6) is 0.972. The third-order valence-corrected chi connectivity index (χ3v) is 3.29. The van der Waals surface area contributed by atoms with Gasteiger partial charge in [0.15, 0.2) is 0 Å². The van der Waals surface area contributed by atoms with Gasteiger partial charge in [-0.15, -0.1) is 0 Å². The monoisotopic (exact) mass is 262 g/mol. The van der Waals surface area contributed by atoms with Crippen LogP contribution in [0, 0.1) is 0 Å². The minimum atomic E-state index is 0.0910. The zero-order valence-corrected chi connectivity index (χ0v) is 12.9. The van der Waals surface area contributed by atoms with Crippen molar-refractivity contribution in [1.82, 2.24) is 4.90 Å². The van der Waals surface area contributed by atoms with Crippen LogP contribution in [0.5, 0.6) is 0 Å². The summed E-state index contributed by atoms with van der Waals surface area (Å²) in [6.45, 7) is 9.06. The predicted octanol–water partition coefficient (Wildman–Crippen LogP) is 3.43. The fraction of sp³-hybridized carbons (Fsp3) is 0.562. The lowest BCUT2D eigenvalue weighted by molar-refractivity contribution is -0.126. The summed E-state index contributed by atoms with van der Waals surface area (Å²) < 4.78 is 0. The average molecular weight is 262 g/mol. The molecule has 3 heteroatoms. The van der Waals surface area contributed by atoms with Crippen LogP contribution in [0.25, 0.3) is 0 Å². The molecule has 19 heavy (non-hydrogen) atoms. The van der Waals surface area contributed by atoms with Gasteiger partial charge in [0.2, 0.25) is 5.91 Å². The van der Waals surface area contributed by atoms with E-state index in [4.69, 9.17) is 0 Å². The summed E-state index contributed by atoms with van der Waals surface area (Å²) in [5.41, 5.74) is 3.68. The Labute approximate surface area is 117 Å². The van der Waals surface area contributed by atoms with Gasteiger partial charge in [0.1, 0.15) is 0 Å². The first kappa shape index (κ1) is 15.5. The number of nitrogens with one attached hydrogen (secondary N) is 1. The molecule has 0 spiro atoms. The highest BCUT2D eigenvalue weighted by atomic mass is 16.2. The van der Waals surface area contributed by atoms with Gasteiger partial charge in [0.05, 0.1) is 6.54 Å². The van der Waals surface area contributed by atoms with E-state index in [0.29, 0.717) is 18.4 Å². The quantitative estimate of drug-likeness (QED) is 0.881. The van der Waals surface area contributed by atoms with Crippen molar-refractivity contribution < 1.29 is 4.79 Å². The first-order valence-corrected chi connectivity index (χ1v) is 6.91. The molecule has 1 N–H and O–H groups in total. The van der Waals surface area contributed by atoms with Gasteiger partial charge in [0, 0.05) is 19.8 Å². The number of benzene rings is 1. The van der Waals surface area contributed by atoms with Crippen LogP contribution in [0.15, 0.2) is 18.2 Å². The van der Waals surface area contributed by atoms with Gasteiger partial charge in [-0.3, -0.25) is 4.79 Å². The molecule has 0 bridgehead atoms. The van der Waals surface area contributed by atoms with E-state index in [-0.39, 0.29) is 5.91 Å². The number of nitrogens with zero attached hydrogens (tertiary/aromatic N) is 1. The third kappa shape index (κ3) is 3.98. The number of rotatable bonds is 5. The fourth-order valence-corrected chi connectivity index (χ4v) is 2.08. The smallest absolute Gasteiger partial charge is 0.241 e. The second-order valence-corrected chi connectivity index (χ2v) is 5.76. The molecule has 1 aromatic rings. The van der Waals surface area contributed by atoms with Gasteiger partial charge in [-0.1, -0.05) is 45.9 Å². The number of para-hydroxylation sites is 1. The molecule has 0 aromatic heterocycles. The number of anilines is 1. The maximum Gasteiger partial charge on any atom is 0.241 e. The summed E-state index contributed by atoms with van der Waals surface area (Å²) in [6.07, 6.45) is 0. The van der Waals surface area contributed by atoms with E-state index in [1.165, 1.54) is 11.1 Å². The Kier molecular flexibility index (Phi) is 5.40. The Bertz CT molecular complexity index is 410. The first-order chi connectivity index (χ1) is 8.84. The van der Waals surface area contributed by atoms with Crippen molar-refractivity contribution in [3.63, 3.8) is 0 Å². The van der Waals surface area contributed by atoms with Crippen LogP contribution < -0.4 is 5.32 Å². The van der Waals surface area contributed by atoms with Gasteiger partial charge in [-0.25, -0.2) is 0 Å². The van der Waals surface area contributed by atoms with Crippen LogP contribution >= 0.6 is 0 Å². The van der Waals surface area contributed by atoms with Gasteiger partial charge >= 0.3 is 0 Å². The average Bonchev–Trinajstić information content (AvgIpc) is 2.34. The molecule has 1 aromatic carbocycles. The van der Waals surface area contributed by atoms with Crippen molar-refractivity contribution in [3.8, 4) is 0 Å². The molecule has 0 aliphatic heterocycles. The number of hydrogen-bond acceptors (Lipinski definition) is 2. The molecule has 3 nitrogen and oxygen atoms in total. The highest BCUT2D eigenvalue weighted by Crippen LogP contribution is 2.32. The van der Waals surface area contributed by atoms with E-state index in [2.05, 4.69) is 51.2 Å². The van der Waals surface area contributed by atoms with Crippen LogP contribution in [0.4, 0.5) is 5.69 Å². The molecule has 0 radical (unpaired) electrons. The lowest BCUT2D eigenvalue weighted by Crippen LogP contribution is -2.29. The first-order valence-electron chi connectivity index (χ1n) is 6.91. The Morgan fingerprint density at radius 1 is 1.11 bits per heavy atom. The number of carbonyl (C=O) groups is 1. The highest BCUT2D eigenvalue weighted by molar-refractivity contribution is 5.81. The lowest BCUT2D eigenvalue weighted by atomic mass is 9.92. The van der Waals surface area contributed by atoms with Crippen molar-refractivity contribution in [3.05, 3.63) is 29.3 Å². The maximum atomic E-state index is 11.7. The van der Waals surface area contributed by atoms with Crippen molar-refractivity contribution >= 4 is 11.6 Å². The molecule has 0 atom stereocenters. The van der Waals surface area contributed by atoms with Crippen molar-refractivity contribution in [1.29, 1.82) is 0 Å². The molecule has 0 saturated heterocycles. The molecule has 0 aliphatic rings. The van der Waals surface area contributed by atoms with Crippen molar-refractivity contribution in [2.75, 3.05) is 26.0 Å². The normalized spacial score (nSPS) is 10.9. The fourth-order valence-electron chi connectivity index (χ4n) is 2.08. The van der Waals surface area contributed by atoms with E-state index >= 15 is 0 Å². The molecule has 1 rings (SSSR count). The largest absolute Gasteiger partial charge is 0.376 e. The Morgan fingerprint density at radius 2 is 1.58 bits per heavy atom. The number of carbonyl (C=O) groups excluding carboxylic acids is 1. The summed E-state index contributed by atoms with van der Waals surface area (Å²) in [7, 11) is 3.56. The van der Waals surface area contributed by atoms with Crippen molar-refractivity contribution in [2.24, 2.45) is 0 Å². The Hall–Kier alpha value is -1.51. The Balaban J connectivity index is 3.04. The second-order valence-electron chi connectivity index (χ2n) is 5.76. The predicted molar refractivity (Wildman–Crippen MR) is 81.8 cm³/mol. The van der Waals surface area contributed by atoms with Crippen LogP contribution in [-0.2, 0) is 4.79 Å². The topological polar surface area (TPSA) is 32.3 Å².